The van der Waals surface area contributed by atoms with Gasteiger partial charge >= 0.3 is 0 Å². The summed E-state index contributed by atoms with van der Waals surface area (Å²) < 4.78 is 0. The van der Waals surface area contributed by atoms with E-state index in [1.54, 1.807) is 12.3 Å². The smallest absolute Gasteiger partial charge is 0.0975 e. The van der Waals surface area contributed by atoms with E-state index < -0.39 is 0 Å². The summed E-state index contributed by atoms with van der Waals surface area (Å²) in [5, 5.41) is 0. The summed E-state index contributed by atoms with van der Waals surface area (Å²) >= 11 is 8.47. The molecule has 0 radical (unpaired) electrons. The maximum Gasteiger partial charge on any atom is 0.0975 e. The Hall–Kier alpha value is -0.740. The van der Waals surface area contributed by atoms with Crippen LogP contribution in [-0.4, -0.2) is 9.97 Å². The van der Waals surface area contributed by atoms with Gasteiger partial charge in [0.1, 0.15) is 0 Å². The van der Waals surface area contributed by atoms with E-state index in [2.05, 4.69) is 55.7 Å². The van der Waals surface area contributed by atoms with Crippen molar-refractivity contribution in [1.29, 1.82) is 0 Å². The molecule has 0 aliphatic heterocycles. The van der Waals surface area contributed by atoms with Crippen LogP contribution in [0.2, 0.25) is 0 Å². The van der Waals surface area contributed by atoms with Gasteiger partial charge in [-0.25, -0.2) is 0 Å². The molecule has 1 aromatic heterocycles. The van der Waals surface area contributed by atoms with E-state index in [1.807, 2.05) is 6.92 Å². The maximum atomic E-state index is 4.49. The third kappa shape index (κ3) is 3.39. The molecule has 4 heteroatoms. The van der Waals surface area contributed by atoms with E-state index in [0.29, 0.717) is 10.8 Å². The molecule has 0 N–H and O–H groups in total. The van der Waals surface area contributed by atoms with Crippen molar-refractivity contribution in [3.63, 3.8) is 0 Å². The molecule has 0 saturated heterocycles. The third-order valence-corrected chi connectivity index (χ3v) is 2.57. The highest BCUT2D eigenvalue weighted by Crippen LogP contribution is 2.22. The number of allylic oxidation sites excluding steroid dienone is 1. The van der Waals surface area contributed by atoms with Gasteiger partial charge in [-0.3, -0.25) is 9.97 Å². The molecule has 1 heterocycles. The SMILES string of the molecule is C=C(S)/C=C(/S)c1ncc(C(C)C)nc1C. The standard InChI is InChI=1S/C12H16N2S2/c1-7(2)10-6-13-12(9(4)14-10)11(16)5-8(3)15/h5-7,15-16H,3H2,1-2,4H3/b11-5+. The Balaban J connectivity index is 3.13. The van der Waals surface area contributed by atoms with Crippen LogP contribution in [0.5, 0.6) is 0 Å². The molecule has 0 spiro atoms. The van der Waals surface area contributed by atoms with Crippen LogP contribution < -0.4 is 0 Å². The van der Waals surface area contributed by atoms with Gasteiger partial charge in [-0.15, -0.1) is 25.3 Å². The molecular formula is C12H16N2S2. The molecule has 1 aromatic rings. The van der Waals surface area contributed by atoms with Crippen LogP contribution in [0.15, 0.2) is 23.8 Å². The first-order valence-corrected chi connectivity index (χ1v) is 5.93. The Kier molecular flexibility index (Phi) is 4.62. The lowest BCUT2D eigenvalue weighted by molar-refractivity contribution is 0.801. The highest BCUT2D eigenvalue weighted by molar-refractivity contribution is 7.90. The van der Waals surface area contributed by atoms with Gasteiger partial charge in [0.05, 0.1) is 17.1 Å². The van der Waals surface area contributed by atoms with Crippen LogP contribution in [0.1, 0.15) is 36.8 Å². The van der Waals surface area contributed by atoms with E-state index >= 15 is 0 Å². The molecule has 0 unspecified atom stereocenters. The van der Waals surface area contributed by atoms with E-state index in [0.717, 1.165) is 22.0 Å². The fourth-order valence-corrected chi connectivity index (χ4v) is 1.86. The Bertz CT molecular complexity index is 437. The Labute approximate surface area is 108 Å². The van der Waals surface area contributed by atoms with Gasteiger partial charge < -0.3 is 0 Å². The monoisotopic (exact) mass is 252 g/mol. The fraction of sp³-hybridized carbons (Fsp3) is 0.333. The quantitative estimate of drug-likeness (QED) is 0.634. The number of rotatable bonds is 3. The van der Waals surface area contributed by atoms with Gasteiger partial charge in [-0.05, 0) is 23.8 Å². The summed E-state index contributed by atoms with van der Waals surface area (Å²) in [5.74, 6) is 0.382. The van der Waals surface area contributed by atoms with Crippen molar-refractivity contribution in [2.75, 3.05) is 0 Å². The molecule has 0 saturated carbocycles. The second-order valence-corrected chi connectivity index (χ2v) is 4.96. The van der Waals surface area contributed by atoms with Gasteiger partial charge in [0, 0.05) is 11.1 Å². The van der Waals surface area contributed by atoms with Gasteiger partial charge in [-0.1, -0.05) is 20.4 Å². The molecule has 0 atom stereocenters. The van der Waals surface area contributed by atoms with Crippen molar-refractivity contribution < 1.29 is 0 Å². The summed E-state index contributed by atoms with van der Waals surface area (Å²) in [7, 11) is 0. The van der Waals surface area contributed by atoms with Crippen LogP contribution in [0.4, 0.5) is 0 Å². The highest BCUT2D eigenvalue weighted by atomic mass is 32.1. The molecular weight excluding hydrogens is 236 g/mol. The number of nitrogens with zero attached hydrogens (tertiary/aromatic N) is 2. The third-order valence-electron chi connectivity index (χ3n) is 2.10. The second kappa shape index (κ2) is 5.55. The first kappa shape index (κ1) is 13.3. The minimum Gasteiger partial charge on any atom is -0.254 e. The molecule has 0 aliphatic carbocycles. The summed E-state index contributed by atoms with van der Waals surface area (Å²) in [6.45, 7) is 9.80. The van der Waals surface area contributed by atoms with Crippen LogP contribution in [0.3, 0.4) is 0 Å². The Morgan fingerprint density at radius 2 is 2.06 bits per heavy atom. The molecule has 2 nitrogen and oxygen atoms in total. The van der Waals surface area contributed by atoms with Gasteiger partial charge in [-0.2, -0.15) is 0 Å². The lowest BCUT2D eigenvalue weighted by Gasteiger charge is -2.08. The zero-order chi connectivity index (χ0) is 12.3. The predicted molar refractivity (Wildman–Crippen MR) is 75.9 cm³/mol. The highest BCUT2D eigenvalue weighted by Gasteiger charge is 2.08. The molecule has 0 aromatic carbocycles. The Morgan fingerprint density at radius 3 is 2.50 bits per heavy atom. The van der Waals surface area contributed by atoms with Crippen molar-refractivity contribution in [2.45, 2.75) is 26.7 Å². The van der Waals surface area contributed by atoms with E-state index in [1.165, 1.54) is 0 Å². The molecule has 0 fully saturated rings. The molecule has 0 amide bonds. The normalized spacial score (nSPS) is 12.0. The molecule has 86 valence electrons. The predicted octanol–water partition coefficient (Wildman–Crippen LogP) is 3.62. The fourth-order valence-electron chi connectivity index (χ4n) is 1.26. The molecule has 1 rings (SSSR count). The van der Waals surface area contributed by atoms with Crippen LogP contribution >= 0.6 is 25.3 Å². The second-order valence-electron chi connectivity index (χ2n) is 3.90. The molecule has 0 bridgehead atoms. The van der Waals surface area contributed by atoms with E-state index in [-0.39, 0.29) is 0 Å². The van der Waals surface area contributed by atoms with Crippen molar-refractivity contribution in [2.24, 2.45) is 0 Å². The average Bonchev–Trinajstić information content (AvgIpc) is 2.15. The van der Waals surface area contributed by atoms with E-state index in [9.17, 15) is 0 Å². The molecule has 0 aliphatic rings. The van der Waals surface area contributed by atoms with Crippen molar-refractivity contribution in [3.8, 4) is 0 Å². The number of hydrogen-bond acceptors (Lipinski definition) is 4. The number of aryl methyl sites for hydroxylation is 1. The van der Waals surface area contributed by atoms with Crippen LogP contribution in [0, 0.1) is 6.92 Å². The Morgan fingerprint density at radius 1 is 1.44 bits per heavy atom. The van der Waals surface area contributed by atoms with E-state index in [4.69, 9.17) is 0 Å². The number of aromatic nitrogens is 2. The topological polar surface area (TPSA) is 25.8 Å². The van der Waals surface area contributed by atoms with Crippen molar-refractivity contribution >= 4 is 30.2 Å². The molecule has 16 heavy (non-hydrogen) atoms. The average molecular weight is 252 g/mol. The lowest BCUT2D eigenvalue weighted by atomic mass is 10.1. The van der Waals surface area contributed by atoms with Gasteiger partial charge in [0.15, 0.2) is 0 Å². The zero-order valence-corrected chi connectivity index (χ0v) is 11.5. The van der Waals surface area contributed by atoms with Crippen molar-refractivity contribution in [1.82, 2.24) is 9.97 Å². The largest absolute Gasteiger partial charge is 0.254 e. The first-order valence-electron chi connectivity index (χ1n) is 5.04. The van der Waals surface area contributed by atoms with Crippen LogP contribution in [-0.2, 0) is 0 Å². The van der Waals surface area contributed by atoms with Gasteiger partial charge in [0.2, 0.25) is 0 Å². The number of hydrogen-bond donors (Lipinski definition) is 2. The van der Waals surface area contributed by atoms with Crippen molar-refractivity contribution in [3.05, 3.63) is 40.8 Å². The summed E-state index contributed by atoms with van der Waals surface area (Å²) in [6.07, 6.45) is 3.55. The zero-order valence-electron chi connectivity index (χ0n) is 9.73. The minimum absolute atomic E-state index is 0.382. The minimum atomic E-state index is 0.382. The van der Waals surface area contributed by atoms with Crippen LogP contribution in [0.25, 0.3) is 4.91 Å². The summed E-state index contributed by atoms with van der Waals surface area (Å²) in [6, 6.07) is 0. The van der Waals surface area contributed by atoms with Gasteiger partial charge in [0.25, 0.3) is 0 Å². The summed E-state index contributed by atoms with van der Waals surface area (Å²) in [4.78, 5) is 10.3. The first-order chi connectivity index (χ1) is 7.41. The number of thiol groups is 2. The maximum absolute atomic E-state index is 4.49. The summed E-state index contributed by atoms with van der Waals surface area (Å²) in [5.41, 5.74) is 2.65. The lowest BCUT2D eigenvalue weighted by Crippen LogP contribution is -2.00.